The van der Waals surface area contributed by atoms with Crippen molar-refractivity contribution in [1.82, 2.24) is 19.7 Å². The van der Waals surface area contributed by atoms with E-state index in [0.29, 0.717) is 6.42 Å². The third kappa shape index (κ3) is 2.90. The average Bonchev–Trinajstić information content (AvgIpc) is 3.11. The van der Waals surface area contributed by atoms with Crippen molar-refractivity contribution in [2.45, 2.75) is 32.2 Å². The van der Waals surface area contributed by atoms with Crippen LogP contribution in [0.2, 0.25) is 0 Å². The van der Waals surface area contributed by atoms with Gasteiger partial charge >= 0.3 is 0 Å². The van der Waals surface area contributed by atoms with Crippen molar-refractivity contribution < 1.29 is 4.79 Å². The van der Waals surface area contributed by atoms with Gasteiger partial charge in [0.1, 0.15) is 12.7 Å². The minimum atomic E-state index is 0.219. The molecule has 5 nitrogen and oxygen atoms in total. The van der Waals surface area contributed by atoms with E-state index < -0.39 is 0 Å². The minimum Gasteiger partial charge on any atom is -0.340 e. The zero-order chi connectivity index (χ0) is 13.9. The fourth-order valence-electron chi connectivity index (χ4n) is 2.64. The highest BCUT2D eigenvalue weighted by molar-refractivity contribution is 7.12. The second kappa shape index (κ2) is 5.75. The molecule has 1 amide bonds. The van der Waals surface area contributed by atoms with Crippen LogP contribution >= 0.6 is 11.3 Å². The van der Waals surface area contributed by atoms with Gasteiger partial charge in [-0.3, -0.25) is 4.79 Å². The van der Waals surface area contributed by atoms with E-state index in [9.17, 15) is 4.79 Å². The maximum Gasteiger partial charge on any atom is 0.227 e. The normalized spacial score (nSPS) is 19.2. The Balaban J connectivity index is 1.63. The van der Waals surface area contributed by atoms with Gasteiger partial charge in [-0.15, -0.1) is 11.3 Å². The zero-order valence-electron chi connectivity index (χ0n) is 11.5. The molecule has 0 unspecified atom stereocenters. The number of aryl methyl sites for hydroxylation is 1. The fourth-order valence-corrected chi connectivity index (χ4v) is 3.53. The van der Waals surface area contributed by atoms with Gasteiger partial charge in [0.15, 0.2) is 0 Å². The largest absolute Gasteiger partial charge is 0.340 e. The van der Waals surface area contributed by atoms with Crippen molar-refractivity contribution in [3.05, 3.63) is 34.5 Å². The average molecular weight is 290 g/mol. The predicted molar refractivity (Wildman–Crippen MR) is 77.6 cm³/mol. The Bertz CT molecular complexity index is 578. The molecule has 0 N–H and O–H groups in total. The Morgan fingerprint density at radius 1 is 1.50 bits per heavy atom. The number of nitrogens with zero attached hydrogens (tertiary/aromatic N) is 4. The summed E-state index contributed by atoms with van der Waals surface area (Å²) in [6, 6.07) is 4.39. The van der Waals surface area contributed by atoms with E-state index >= 15 is 0 Å². The van der Waals surface area contributed by atoms with Crippen LogP contribution in [0.4, 0.5) is 0 Å². The lowest BCUT2D eigenvalue weighted by Gasteiger charge is -2.32. The van der Waals surface area contributed by atoms with Crippen LogP contribution in [0.15, 0.2) is 24.8 Å². The lowest BCUT2D eigenvalue weighted by atomic mass is 10.1. The SMILES string of the molecule is Cc1ccc(CC(=O)N2CCC[C@H](n3cncn3)C2)s1. The molecule has 0 spiro atoms. The second-order valence-corrected chi connectivity index (χ2v) is 6.57. The van der Waals surface area contributed by atoms with E-state index in [1.807, 2.05) is 9.58 Å². The van der Waals surface area contributed by atoms with E-state index in [1.54, 1.807) is 24.0 Å². The zero-order valence-corrected chi connectivity index (χ0v) is 12.3. The van der Waals surface area contributed by atoms with Crippen molar-refractivity contribution in [3.8, 4) is 0 Å². The van der Waals surface area contributed by atoms with Crippen LogP contribution in [0.3, 0.4) is 0 Å². The summed E-state index contributed by atoms with van der Waals surface area (Å²) in [5.41, 5.74) is 0. The summed E-state index contributed by atoms with van der Waals surface area (Å²) in [6.07, 6.45) is 5.89. The molecule has 20 heavy (non-hydrogen) atoms. The molecule has 0 bridgehead atoms. The molecule has 0 radical (unpaired) electrons. The number of aromatic nitrogens is 3. The van der Waals surface area contributed by atoms with E-state index in [1.165, 1.54) is 4.88 Å². The molecule has 1 aliphatic heterocycles. The van der Waals surface area contributed by atoms with E-state index in [4.69, 9.17) is 0 Å². The standard InChI is InChI=1S/C14H18N4OS/c1-11-4-5-13(20-11)7-14(19)17-6-2-3-12(8-17)18-10-15-9-16-18/h4-5,9-10,12H,2-3,6-8H2,1H3/t12-/m0/s1. The smallest absolute Gasteiger partial charge is 0.227 e. The summed E-state index contributed by atoms with van der Waals surface area (Å²) in [7, 11) is 0. The molecule has 0 saturated carbocycles. The lowest BCUT2D eigenvalue weighted by Crippen LogP contribution is -2.41. The molecule has 1 atom stereocenters. The van der Waals surface area contributed by atoms with Crippen LogP contribution in [0.25, 0.3) is 0 Å². The van der Waals surface area contributed by atoms with Gasteiger partial charge in [-0.05, 0) is 31.9 Å². The molecule has 6 heteroatoms. The fraction of sp³-hybridized carbons (Fsp3) is 0.500. The first kappa shape index (κ1) is 13.3. The molecular formula is C14H18N4OS. The van der Waals surface area contributed by atoms with Crippen LogP contribution in [0.1, 0.15) is 28.6 Å². The van der Waals surface area contributed by atoms with Gasteiger partial charge in [0, 0.05) is 22.8 Å². The summed E-state index contributed by atoms with van der Waals surface area (Å²) in [5.74, 6) is 0.219. The Labute approximate surface area is 122 Å². The van der Waals surface area contributed by atoms with Gasteiger partial charge in [0.2, 0.25) is 5.91 Å². The molecule has 1 aliphatic rings. The molecule has 1 saturated heterocycles. The first-order valence-corrected chi connectivity index (χ1v) is 7.71. The van der Waals surface area contributed by atoms with Gasteiger partial charge in [0.05, 0.1) is 12.5 Å². The quantitative estimate of drug-likeness (QED) is 0.869. The summed E-state index contributed by atoms with van der Waals surface area (Å²) in [5, 5.41) is 4.19. The molecule has 1 fully saturated rings. The van der Waals surface area contributed by atoms with Gasteiger partial charge in [-0.2, -0.15) is 5.10 Å². The number of amides is 1. The maximum absolute atomic E-state index is 12.4. The summed E-state index contributed by atoms with van der Waals surface area (Å²) >= 11 is 1.70. The Kier molecular flexibility index (Phi) is 3.82. The summed E-state index contributed by atoms with van der Waals surface area (Å²) < 4.78 is 1.87. The molecule has 3 rings (SSSR count). The van der Waals surface area contributed by atoms with Crippen LogP contribution in [-0.2, 0) is 11.2 Å². The number of thiophene rings is 1. The molecule has 0 aliphatic carbocycles. The lowest BCUT2D eigenvalue weighted by molar-refractivity contribution is -0.132. The van der Waals surface area contributed by atoms with Crippen molar-refractivity contribution in [2.24, 2.45) is 0 Å². The highest BCUT2D eigenvalue weighted by atomic mass is 32.1. The highest BCUT2D eigenvalue weighted by Gasteiger charge is 2.25. The first-order chi connectivity index (χ1) is 9.72. The molecule has 0 aromatic carbocycles. The first-order valence-electron chi connectivity index (χ1n) is 6.89. The van der Waals surface area contributed by atoms with Crippen LogP contribution in [-0.4, -0.2) is 38.7 Å². The van der Waals surface area contributed by atoms with Crippen LogP contribution in [0.5, 0.6) is 0 Å². The van der Waals surface area contributed by atoms with Gasteiger partial charge < -0.3 is 4.90 Å². The molecule has 3 heterocycles. The molecule has 106 valence electrons. The third-order valence-electron chi connectivity index (χ3n) is 3.68. The topological polar surface area (TPSA) is 51.0 Å². The number of piperidine rings is 1. The highest BCUT2D eigenvalue weighted by Crippen LogP contribution is 2.22. The van der Waals surface area contributed by atoms with E-state index in [0.717, 1.165) is 30.8 Å². The van der Waals surface area contributed by atoms with Gasteiger partial charge in [-0.25, -0.2) is 9.67 Å². The predicted octanol–water partition coefficient (Wildman–Crippen LogP) is 2.05. The third-order valence-corrected chi connectivity index (χ3v) is 4.68. The van der Waals surface area contributed by atoms with Crippen molar-refractivity contribution >= 4 is 17.2 Å². The van der Waals surface area contributed by atoms with Crippen LogP contribution in [0, 0.1) is 6.92 Å². The molecule has 2 aromatic rings. The molecular weight excluding hydrogens is 272 g/mol. The Hall–Kier alpha value is -1.69. The van der Waals surface area contributed by atoms with Gasteiger partial charge in [0.25, 0.3) is 0 Å². The monoisotopic (exact) mass is 290 g/mol. The van der Waals surface area contributed by atoms with Crippen molar-refractivity contribution in [2.75, 3.05) is 13.1 Å². The Morgan fingerprint density at radius 2 is 2.40 bits per heavy atom. The number of likely N-dealkylation sites (tertiary alicyclic amines) is 1. The summed E-state index contributed by atoms with van der Waals surface area (Å²) in [6.45, 7) is 3.67. The number of hydrogen-bond acceptors (Lipinski definition) is 4. The number of hydrogen-bond donors (Lipinski definition) is 0. The van der Waals surface area contributed by atoms with Crippen molar-refractivity contribution in [1.29, 1.82) is 0 Å². The van der Waals surface area contributed by atoms with E-state index in [-0.39, 0.29) is 11.9 Å². The number of rotatable bonds is 3. The molecule has 2 aromatic heterocycles. The Morgan fingerprint density at radius 3 is 3.10 bits per heavy atom. The second-order valence-electron chi connectivity index (χ2n) is 5.20. The minimum absolute atomic E-state index is 0.219. The van der Waals surface area contributed by atoms with Gasteiger partial charge in [-0.1, -0.05) is 0 Å². The van der Waals surface area contributed by atoms with Crippen molar-refractivity contribution in [3.63, 3.8) is 0 Å². The summed E-state index contributed by atoms with van der Waals surface area (Å²) in [4.78, 5) is 20.7. The number of carbonyl (C=O) groups is 1. The maximum atomic E-state index is 12.4. The van der Waals surface area contributed by atoms with Crippen LogP contribution < -0.4 is 0 Å². The van der Waals surface area contributed by atoms with E-state index in [2.05, 4.69) is 29.1 Å². The number of carbonyl (C=O) groups excluding carboxylic acids is 1.